The molecule has 9 aromatic rings. The number of rotatable bonds is 6. The fourth-order valence-electron chi connectivity index (χ4n) is 6.87. The molecule has 1 heterocycles. The Morgan fingerprint density at radius 2 is 0.600 bits per heavy atom. The molecule has 0 atom stereocenters. The normalized spacial score (nSPS) is 11.6. The van der Waals surface area contributed by atoms with Gasteiger partial charge in [0, 0.05) is 33.5 Å². The summed E-state index contributed by atoms with van der Waals surface area (Å²) in [6.07, 6.45) is 0. The summed E-state index contributed by atoms with van der Waals surface area (Å²) in [6.45, 7) is 0. The number of anilines is 6. The zero-order valence-corrected chi connectivity index (χ0v) is 25.3. The van der Waals surface area contributed by atoms with Crippen LogP contribution in [-0.2, 0) is 0 Å². The third kappa shape index (κ3) is 4.09. The van der Waals surface area contributed by atoms with Crippen molar-refractivity contribution in [3.8, 4) is 0 Å². The fourth-order valence-corrected chi connectivity index (χ4v) is 8.23. The van der Waals surface area contributed by atoms with E-state index < -0.39 is 0 Å². The van der Waals surface area contributed by atoms with E-state index in [1.165, 1.54) is 53.1 Å². The Labute approximate surface area is 266 Å². The molecular weight excluding hydrogens is 565 g/mol. The van der Waals surface area contributed by atoms with Gasteiger partial charge in [0.2, 0.25) is 0 Å². The van der Waals surface area contributed by atoms with Crippen LogP contribution in [0.25, 0.3) is 41.7 Å². The fraction of sp³-hybridized carbons (Fsp3) is 0. The smallest absolute Gasteiger partial charge is 0.0640 e. The highest BCUT2D eigenvalue weighted by Gasteiger charge is 2.25. The third-order valence-corrected chi connectivity index (χ3v) is 10.0. The molecule has 0 N–H and O–H groups in total. The summed E-state index contributed by atoms with van der Waals surface area (Å²) in [5.41, 5.74) is 6.95. The molecular formula is C42H28N2S. The summed E-state index contributed by atoms with van der Waals surface area (Å²) in [4.78, 5) is 4.81. The van der Waals surface area contributed by atoms with E-state index in [2.05, 4.69) is 180 Å². The lowest BCUT2D eigenvalue weighted by molar-refractivity contribution is 1.30. The highest BCUT2D eigenvalue weighted by molar-refractivity contribution is 7.27. The average Bonchev–Trinajstić information content (AvgIpc) is 3.52. The predicted octanol–water partition coefficient (Wildman–Crippen LogP) is 12.7. The highest BCUT2D eigenvalue weighted by atomic mass is 32.1. The maximum absolute atomic E-state index is 2.40. The van der Waals surface area contributed by atoms with Crippen LogP contribution in [-0.4, -0.2) is 0 Å². The Morgan fingerprint density at radius 3 is 0.933 bits per heavy atom. The summed E-state index contributed by atoms with van der Waals surface area (Å²) in [5.74, 6) is 0. The molecule has 0 fully saturated rings. The van der Waals surface area contributed by atoms with E-state index in [-0.39, 0.29) is 0 Å². The van der Waals surface area contributed by atoms with Crippen LogP contribution < -0.4 is 9.80 Å². The summed E-state index contributed by atoms with van der Waals surface area (Å²) >= 11 is 1.91. The molecule has 212 valence electrons. The molecule has 0 saturated heterocycles. The monoisotopic (exact) mass is 592 g/mol. The van der Waals surface area contributed by atoms with Gasteiger partial charge in [-0.05, 0) is 82.2 Å². The Kier molecular flexibility index (Phi) is 6.03. The maximum atomic E-state index is 2.40. The van der Waals surface area contributed by atoms with Crippen LogP contribution in [0.15, 0.2) is 170 Å². The topological polar surface area (TPSA) is 6.48 Å². The standard InChI is InChI=1S/C42H28N2S/c1-5-15-29(16-6-1)43(30-17-7-2-8-18-30)37-27-25-35-33-23-13-14-24-34(33)36-26-28-38(42-40(36)39(35)41(37)45-42)44(31-19-9-3-10-20-31)32-21-11-4-12-22-32/h1-28H. The Balaban J connectivity index is 1.42. The lowest BCUT2D eigenvalue weighted by Gasteiger charge is -2.26. The van der Waals surface area contributed by atoms with Gasteiger partial charge in [-0.25, -0.2) is 0 Å². The Hall–Kier alpha value is -5.64. The third-order valence-electron chi connectivity index (χ3n) is 8.77. The van der Waals surface area contributed by atoms with E-state index in [0.29, 0.717) is 0 Å². The lowest BCUT2D eigenvalue weighted by atomic mass is 9.93. The second-order valence-corrected chi connectivity index (χ2v) is 12.4. The molecule has 3 heteroatoms. The maximum Gasteiger partial charge on any atom is 0.0640 e. The van der Waals surface area contributed by atoms with Crippen LogP contribution in [0.2, 0.25) is 0 Å². The van der Waals surface area contributed by atoms with E-state index in [1.807, 2.05) is 11.3 Å². The average molecular weight is 593 g/mol. The first kappa shape index (κ1) is 25.8. The second-order valence-electron chi connectivity index (χ2n) is 11.3. The minimum Gasteiger partial charge on any atom is -0.309 e. The van der Waals surface area contributed by atoms with Crippen LogP contribution in [0.1, 0.15) is 0 Å². The van der Waals surface area contributed by atoms with Crippen molar-refractivity contribution in [1.82, 2.24) is 0 Å². The number of benzene rings is 8. The van der Waals surface area contributed by atoms with Gasteiger partial charge in [0.1, 0.15) is 0 Å². The number of hydrogen-bond donors (Lipinski definition) is 0. The molecule has 1 aromatic heterocycles. The molecule has 9 rings (SSSR count). The van der Waals surface area contributed by atoms with Crippen molar-refractivity contribution < 1.29 is 0 Å². The predicted molar refractivity (Wildman–Crippen MR) is 195 cm³/mol. The van der Waals surface area contributed by atoms with Gasteiger partial charge >= 0.3 is 0 Å². The van der Waals surface area contributed by atoms with Crippen molar-refractivity contribution in [2.24, 2.45) is 0 Å². The molecule has 0 unspecified atom stereocenters. The summed E-state index contributed by atoms with van der Waals surface area (Å²) < 4.78 is 2.58. The molecule has 0 amide bonds. The van der Waals surface area contributed by atoms with E-state index in [0.717, 1.165) is 22.7 Å². The van der Waals surface area contributed by atoms with Crippen molar-refractivity contribution >= 4 is 87.2 Å². The zero-order valence-electron chi connectivity index (χ0n) is 24.5. The zero-order chi connectivity index (χ0) is 29.7. The molecule has 0 saturated carbocycles. The van der Waals surface area contributed by atoms with Gasteiger partial charge < -0.3 is 9.80 Å². The minimum atomic E-state index is 1.14. The summed E-state index contributed by atoms with van der Waals surface area (Å²) in [5, 5.41) is 7.85. The van der Waals surface area contributed by atoms with Crippen molar-refractivity contribution in [2.75, 3.05) is 9.80 Å². The molecule has 0 aliphatic rings. The lowest BCUT2D eigenvalue weighted by Crippen LogP contribution is -2.09. The molecule has 8 aromatic carbocycles. The van der Waals surface area contributed by atoms with Crippen molar-refractivity contribution in [3.63, 3.8) is 0 Å². The molecule has 0 aliphatic carbocycles. The van der Waals surface area contributed by atoms with Gasteiger partial charge in [-0.15, -0.1) is 11.3 Å². The van der Waals surface area contributed by atoms with Crippen LogP contribution in [0.4, 0.5) is 34.1 Å². The van der Waals surface area contributed by atoms with Gasteiger partial charge in [-0.1, -0.05) is 109 Å². The van der Waals surface area contributed by atoms with Gasteiger partial charge in [0.25, 0.3) is 0 Å². The molecule has 0 aliphatic heterocycles. The first-order valence-electron chi connectivity index (χ1n) is 15.3. The molecule has 2 nitrogen and oxygen atoms in total. The molecule has 45 heavy (non-hydrogen) atoms. The van der Waals surface area contributed by atoms with E-state index >= 15 is 0 Å². The second kappa shape index (κ2) is 10.5. The number of hydrogen-bond acceptors (Lipinski definition) is 3. The number of para-hydroxylation sites is 4. The van der Waals surface area contributed by atoms with E-state index in [9.17, 15) is 0 Å². The van der Waals surface area contributed by atoms with Gasteiger partial charge in [0.05, 0.1) is 20.8 Å². The molecule has 0 bridgehead atoms. The van der Waals surface area contributed by atoms with Crippen LogP contribution in [0.5, 0.6) is 0 Å². The first-order valence-corrected chi connectivity index (χ1v) is 16.1. The van der Waals surface area contributed by atoms with E-state index in [4.69, 9.17) is 0 Å². The van der Waals surface area contributed by atoms with E-state index in [1.54, 1.807) is 0 Å². The minimum absolute atomic E-state index is 1.14. The quantitative estimate of drug-likeness (QED) is 0.177. The van der Waals surface area contributed by atoms with Gasteiger partial charge in [-0.3, -0.25) is 0 Å². The number of thiophene rings is 1. The van der Waals surface area contributed by atoms with Crippen LogP contribution in [0.3, 0.4) is 0 Å². The molecule has 0 radical (unpaired) electrons. The SMILES string of the molecule is c1ccc(N(c2ccccc2)c2ccc3c4ccccc4c4ccc(N(c5ccccc5)c5ccccc5)c5sc2c3c54)cc1. The van der Waals surface area contributed by atoms with Crippen LogP contribution in [0, 0.1) is 0 Å². The van der Waals surface area contributed by atoms with Crippen LogP contribution >= 0.6 is 11.3 Å². The van der Waals surface area contributed by atoms with Crippen molar-refractivity contribution in [2.45, 2.75) is 0 Å². The molecule has 0 spiro atoms. The summed E-state index contributed by atoms with van der Waals surface area (Å²) in [6, 6.07) is 61.1. The number of nitrogens with zero attached hydrogens (tertiary/aromatic N) is 2. The number of fused-ring (bicyclic) bond motifs is 3. The largest absolute Gasteiger partial charge is 0.309 e. The summed E-state index contributed by atoms with van der Waals surface area (Å²) in [7, 11) is 0. The first-order chi connectivity index (χ1) is 22.4. The highest BCUT2D eigenvalue weighted by Crippen LogP contribution is 2.54. The Morgan fingerprint density at radius 1 is 0.289 bits per heavy atom. The van der Waals surface area contributed by atoms with Gasteiger partial charge in [0.15, 0.2) is 0 Å². The Bertz CT molecular complexity index is 2170. The van der Waals surface area contributed by atoms with Gasteiger partial charge in [-0.2, -0.15) is 0 Å². The van der Waals surface area contributed by atoms with Crippen molar-refractivity contribution in [3.05, 3.63) is 170 Å². The van der Waals surface area contributed by atoms with Crippen molar-refractivity contribution in [1.29, 1.82) is 0 Å².